The Bertz CT molecular complexity index is 606. The van der Waals surface area contributed by atoms with E-state index in [0.29, 0.717) is 22.3 Å². The Morgan fingerprint density at radius 2 is 2.10 bits per heavy atom. The molecule has 1 aromatic carbocycles. The van der Waals surface area contributed by atoms with E-state index >= 15 is 0 Å². The fraction of sp³-hybridized carbons (Fsp3) is 0.0769. The lowest BCUT2D eigenvalue weighted by Crippen LogP contribution is -2.21. The highest BCUT2D eigenvalue weighted by Crippen LogP contribution is 2.21. The van der Waals surface area contributed by atoms with Gasteiger partial charge in [-0.05, 0) is 24.3 Å². The average molecular weight is 293 g/mol. The molecule has 0 saturated heterocycles. The van der Waals surface area contributed by atoms with Gasteiger partial charge >= 0.3 is 0 Å². The molecule has 0 aliphatic carbocycles. The Morgan fingerprint density at radius 1 is 1.30 bits per heavy atom. The van der Waals surface area contributed by atoms with Crippen molar-refractivity contribution in [1.82, 2.24) is 4.98 Å². The molecular formula is C13H13ClN4O2. The van der Waals surface area contributed by atoms with Crippen LogP contribution in [0, 0.1) is 0 Å². The molecule has 7 heteroatoms. The first kappa shape index (κ1) is 14.1. The molecule has 0 radical (unpaired) electrons. The van der Waals surface area contributed by atoms with Gasteiger partial charge in [0, 0.05) is 6.20 Å². The number of ether oxygens (including phenoxy) is 1. The summed E-state index contributed by atoms with van der Waals surface area (Å²) in [5, 5.41) is 3.11. The zero-order valence-electron chi connectivity index (χ0n) is 10.5. The smallest absolute Gasteiger partial charge is 0.262 e. The van der Waals surface area contributed by atoms with Crippen LogP contribution < -0.4 is 21.3 Å². The molecule has 1 aromatic heterocycles. The van der Waals surface area contributed by atoms with Crippen molar-refractivity contribution < 1.29 is 9.53 Å². The van der Waals surface area contributed by atoms with Gasteiger partial charge in [0.15, 0.2) is 18.2 Å². The molecule has 0 fully saturated rings. The summed E-state index contributed by atoms with van der Waals surface area (Å²) in [7, 11) is 0. The van der Waals surface area contributed by atoms with Crippen molar-refractivity contribution >= 4 is 29.0 Å². The maximum atomic E-state index is 11.8. The van der Waals surface area contributed by atoms with Gasteiger partial charge in [0.25, 0.3) is 5.91 Å². The molecule has 104 valence electrons. The van der Waals surface area contributed by atoms with Gasteiger partial charge in [0.1, 0.15) is 0 Å². The molecule has 1 heterocycles. The minimum Gasteiger partial charge on any atom is -0.480 e. The fourth-order valence-corrected chi connectivity index (χ4v) is 1.69. The van der Waals surface area contributed by atoms with Crippen molar-refractivity contribution in [1.29, 1.82) is 0 Å². The SMILES string of the molecule is NNc1ncccc1OCC(=O)Nc1ccccc1Cl. The Balaban J connectivity index is 1.94. The molecule has 0 atom stereocenters. The van der Waals surface area contributed by atoms with Gasteiger partial charge in [-0.2, -0.15) is 0 Å². The molecule has 0 unspecified atom stereocenters. The van der Waals surface area contributed by atoms with Crippen molar-refractivity contribution in [3.63, 3.8) is 0 Å². The summed E-state index contributed by atoms with van der Waals surface area (Å²) < 4.78 is 5.34. The van der Waals surface area contributed by atoms with Crippen LogP contribution >= 0.6 is 11.6 Å². The molecule has 0 aliphatic rings. The first-order valence-corrected chi connectivity index (χ1v) is 6.17. The topological polar surface area (TPSA) is 89.3 Å². The molecule has 1 amide bonds. The minimum atomic E-state index is -0.329. The predicted octanol–water partition coefficient (Wildman–Crippen LogP) is 2.04. The number of nitrogens with two attached hydrogens (primary N) is 1. The Labute approximate surface area is 120 Å². The van der Waals surface area contributed by atoms with Crippen LogP contribution in [-0.4, -0.2) is 17.5 Å². The van der Waals surface area contributed by atoms with Crippen LogP contribution in [0.2, 0.25) is 5.02 Å². The van der Waals surface area contributed by atoms with Gasteiger partial charge in [-0.25, -0.2) is 10.8 Å². The lowest BCUT2D eigenvalue weighted by Gasteiger charge is -2.10. The normalized spacial score (nSPS) is 9.90. The number of hydrogen-bond acceptors (Lipinski definition) is 5. The van der Waals surface area contributed by atoms with E-state index in [2.05, 4.69) is 15.7 Å². The molecule has 4 N–H and O–H groups in total. The number of nitrogens with one attached hydrogen (secondary N) is 2. The van der Waals surface area contributed by atoms with Crippen molar-refractivity contribution in [2.75, 3.05) is 17.3 Å². The number of amides is 1. The quantitative estimate of drug-likeness (QED) is 0.579. The van der Waals surface area contributed by atoms with Crippen LogP contribution in [0.4, 0.5) is 11.5 Å². The number of hydrogen-bond donors (Lipinski definition) is 3. The highest BCUT2D eigenvalue weighted by Gasteiger charge is 2.08. The fourth-order valence-electron chi connectivity index (χ4n) is 1.51. The maximum absolute atomic E-state index is 11.8. The monoisotopic (exact) mass is 292 g/mol. The lowest BCUT2D eigenvalue weighted by atomic mass is 10.3. The number of para-hydroxylation sites is 1. The summed E-state index contributed by atoms with van der Waals surface area (Å²) in [5.41, 5.74) is 2.92. The van der Waals surface area contributed by atoms with E-state index < -0.39 is 0 Å². The van der Waals surface area contributed by atoms with Gasteiger partial charge in [-0.15, -0.1) is 0 Å². The van der Waals surface area contributed by atoms with Crippen LogP contribution in [0.15, 0.2) is 42.6 Å². The zero-order valence-corrected chi connectivity index (χ0v) is 11.2. The van der Waals surface area contributed by atoms with Crippen molar-refractivity contribution in [3.8, 4) is 5.75 Å². The third-order valence-electron chi connectivity index (χ3n) is 2.41. The lowest BCUT2D eigenvalue weighted by molar-refractivity contribution is -0.118. The summed E-state index contributed by atoms with van der Waals surface area (Å²) in [6, 6.07) is 10.3. The highest BCUT2D eigenvalue weighted by atomic mass is 35.5. The van der Waals surface area contributed by atoms with E-state index in [1.165, 1.54) is 0 Å². The summed E-state index contributed by atoms with van der Waals surface area (Å²) in [5.74, 6) is 5.71. The number of rotatable bonds is 5. The third kappa shape index (κ3) is 3.59. The van der Waals surface area contributed by atoms with Crippen LogP contribution in [0.1, 0.15) is 0 Å². The second kappa shape index (κ2) is 6.74. The number of benzene rings is 1. The molecule has 2 rings (SSSR count). The number of nitrogen functional groups attached to an aromatic ring is 1. The molecular weight excluding hydrogens is 280 g/mol. The molecule has 0 saturated carbocycles. The highest BCUT2D eigenvalue weighted by molar-refractivity contribution is 6.33. The van der Waals surface area contributed by atoms with Gasteiger partial charge in [0.05, 0.1) is 10.7 Å². The Morgan fingerprint density at radius 3 is 2.85 bits per heavy atom. The maximum Gasteiger partial charge on any atom is 0.262 e. The summed E-state index contributed by atoms with van der Waals surface area (Å²) in [6.45, 7) is -0.175. The van der Waals surface area contributed by atoms with E-state index in [1.807, 2.05) is 0 Å². The summed E-state index contributed by atoms with van der Waals surface area (Å²) in [6.07, 6.45) is 1.56. The van der Waals surface area contributed by atoms with Crippen molar-refractivity contribution in [2.45, 2.75) is 0 Å². The first-order valence-electron chi connectivity index (χ1n) is 5.79. The number of halogens is 1. The number of carbonyl (C=O) groups is 1. The molecule has 20 heavy (non-hydrogen) atoms. The largest absolute Gasteiger partial charge is 0.480 e. The minimum absolute atomic E-state index is 0.175. The number of aromatic nitrogens is 1. The second-order valence-electron chi connectivity index (χ2n) is 3.81. The van der Waals surface area contributed by atoms with Gasteiger partial charge in [0.2, 0.25) is 0 Å². The van der Waals surface area contributed by atoms with E-state index in [9.17, 15) is 4.79 Å². The number of hydrazine groups is 1. The van der Waals surface area contributed by atoms with E-state index in [1.54, 1.807) is 42.6 Å². The first-order chi connectivity index (χ1) is 9.70. The van der Waals surface area contributed by atoms with Gasteiger partial charge in [-0.3, -0.25) is 4.79 Å². The van der Waals surface area contributed by atoms with Gasteiger partial charge in [-0.1, -0.05) is 23.7 Å². The summed E-state index contributed by atoms with van der Waals surface area (Å²) >= 11 is 5.94. The van der Waals surface area contributed by atoms with Crippen LogP contribution in [0.3, 0.4) is 0 Å². The van der Waals surface area contributed by atoms with Gasteiger partial charge < -0.3 is 15.5 Å². The Hall–Kier alpha value is -2.31. The van der Waals surface area contributed by atoms with E-state index in [-0.39, 0.29) is 12.5 Å². The number of nitrogens with zero attached hydrogens (tertiary/aromatic N) is 1. The second-order valence-corrected chi connectivity index (χ2v) is 4.22. The van der Waals surface area contributed by atoms with Crippen LogP contribution in [-0.2, 0) is 4.79 Å². The van der Waals surface area contributed by atoms with E-state index in [4.69, 9.17) is 22.2 Å². The molecule has 6 nitrogen and oxygen atoms in total. The van der Waals surface area contributed by atoms with Crippen LogP contribution in [0.25, 0.3) is 0 Å². The molecule has 0 bridgehead atoms. The molecule has 0 aliphatic heterocycles. The predicted molar refractivity (Wildman–Crippen MR) is 77.6 cm³/mol. The Kier molecular flexibility index (Phi) is 4.75. The van der Waals surface area contributed by atoms with Crippen molar-refractivity contribution in [2.24, 2.45) is 5.84 Å². The zero-order chi connectivity index (χ0) is 14.4. The number of anilines is 2. The van der Waals surface area contributed by atoms with E-state index in [0.717, 1.165) is 0 Å². The van der Waals surface area contributed by atoms with Crippen LogP contribution in [0.5, 0.6) is 5.75 Å². The standard InChI is InChI=1S/C13H13ClN4O2/c14-9-4-1-2-5-10(9)17-12(19)8-20-11-6-3-7-16-13(11)18-15/h1-7H,8,15H2,(H,16,18)(H,17,19). The third-order valence-corrected chi connectivity index (χ3v) is 2.74. The number of carbonyl (C=O) groups excluding carboxylic acids is 1. The molecule has 0 spiro atoms. The summed E-state index contributed by atoms with van der Waals surface area (Å²) in [4.78, 5) is 15.7. The van der Waals surface area contributed by atoms with Crippen molar-refractivity contribution in [3.05, 3.63) is 47.6 Å². The molecule has 2 aromatic rings. The number of pyridine rings is 1. The average Bonchev–Trinajstić information content (AvgIpc) is 2.48.